The normalized spacial score (nSPS) is 23.8. The first kappa shape index (κ1) is 15.0. The first-order valence-electron chi connectivity index (χ1n) is 6.30. The number of piperazine rings is 1. The SMILES string of the molecule is CN(CCC(=O)O)S(=O)(=O)N1CCN2C(=O)NCC2C1. The molecule has 0 bridgehead atoms. The van der Waals surface area contributed by atoms with Crippen molar-refractivity contribution < 1.29 is 23.1 Å². The molecule has 2 N–H and O–H groups in total. The standard InChI is InChI=1S/C10H18N4O5S/c1-12(3-2-9(15)16)20(18,19)13-4-5-14-8(7-13)6-11-10(14)17/h8H,2-7H2,1H3,(H,11,17)(H,15,16). The average Bonchev–Trinajstić information content (AvgIpc) is 2.77. The fourth-order valence-corrected chi connectivity index (χ4v) is 3.74. The van der Waals surface area contributed by atoms with E-state index in [0.717, 1.165) is 4.31 Å². The molecule has 0 aromatic rings. The molecular weight excluding hydrogens is 288 g/mol. The summed E-state index contributed by atoms with van der Waals surface area (Å²) in [7, 11) is -2.31. The van der Waals surface area contributed by atoms with Gasteiger partial charge in [-0.2, -0.15) is 17.0 Å². The zero-order chi connectivity index (χ0) is 14.9. The molecule has 0 spiro atoms. The van der Waals surface area contributed by atoms with Gasteiger partial charge in [0, 0.05) is 39.8 Å². The Balaban J connectivity index is 2.00. The molecule has 114 valence electrons. The zero-order valence-electron chi connectivity index (χ0n) is 11.2. The number of carbonyl (C=O) groups excluding carboxylic acids is 1. The number of amides is 2. The van der Waals surface area contributed by atoms with E-state index in [1.54, 1.807) is 4.90 Å². The summed E-state index contributed by atoms with van der Waals surface area (Å²) < 4.78 is 27.0. The maximum absolute atomic E-state index is 12.3. The molecule has 2 amide bonds. The van der Waals surface area contributed by atoms with Crippen LogP contribution in [0.15, 0.2) is 0 Å². The van der Waals surface area contributed by atoms with E-state index >= 15 is 0 Å². The number of urea groups is 1. The molecule has 10 heteroatoms. The Kier molecular flexibility index (Phi) is 4.16. The lowest BCUT2D eigenvalue weighted by Crippen LogP contribution is -2.56. The van der Waals surface area contributed by atoms with Crippen LogP contribution in [0.3, 0.4) is 0 Å². The highest BCUT2D eigenvalue weighted by molar-refractivity contribution is 7.86. The Morgan fingerprint density at radius 2 is 2.20 bits per heavy atom. The fourth-order valence-electron chi connectivity index (χ4n) is 2.35. The molecule has 2 aliphatic heterocycles. The highest BCUT2D eigenvalue weighted by Crippen LogP contribution is 2.18. The molecule has 1 unspecified atom stereocenters. The number of hydrogen-bond acceptors (Lipinski definition) is 4. The van der Waals surface area contributed by atoms with Gasteiger partial charge in [0.2, 0.25) is 0 Å². The third-order valence-corrected chi connectivity index (χ3v) is 5.51. The van der Waals surface area contributed by atoms with Crippen molar-refractivity contribution in [2.24, 2.45) is 0 Å². The number of hydrogen-bond donors (Lipinski definition) is 2. The van der Waals surface area contributed by atoms with Crippen LogP contribution in [0.5, 0.6) is 0 Å². The minimum absolute atomic E-state index is 0.0697. The van der Waals surface area contributed by atoms with Crippen molar-refractivity contribution in [1.82, 2.24) is 18.8 Å². The Bertz CT molecular complexity index is 508. The van der Waals surface area contributed by atoms with Gasteiger partial charge in [0.1, 0.15) is 0 Å². The highest BCUT2D eigenvalue weighted by atomic mass is 32.2. The number of aliphatic carboxylic acids is 1. The third kappa shape index (κ3) is 2.86. The molecule has 2 heterocycles. The topological polar surface area (TPSA) is 110 Å². The minimum Gasteiger partial charge on any atom is -0.481 e. The summed E-state index contributed by atoms with van der Waals surface area (Å²) in [6.45, 7) is 1.17. The highest BCUT2D eigenvalue weighted by Gasteiger charge is 2.40. The molecule has 0 radical (unpaired) electrons. The number of nitrogens with zero attached hydrogens (tertiary/aromatic N) is 3. The van der Waals surface area contributed by atoms with Gasteiger partial charge in [0.25, 0.3) is 10.2 Å². The van der Waals surface area contributed by atoms with Crippen LogP contribution in [0.2, 0.25) is 0 Å². The smallest absolute Gasteiger partial charge is 0.317 e. The number of carboxylic acid groups (broad SMARTS) is 1. The van der Waals surface area contributed by atoms with Crippen molar-refractivity contribution in [3.63, 3.8) is 0 Å². The van der Waals surface area contributed by atoms with Crippen LogP contribution >= 0.6 is 0 Å². The molecule has 9 nitrogen and oxygen atoms in total. The van der Waals surface area contributed by atoms with Crippen LogP contribution in [0.4, 0.5) is 4.79 Å². The third-order valence-electron chi connectivity index (χ3n) is 3.56. The molecule has 2 aliphatic rings. The Morgan fingerprint density at radius 3 is 2.85 bits per heavy atom. The second-order valence-corrected chi connectivity index (χ2v) is 6.90. The summed E-state index contributed by atoms with van der Waals surface area (Å²) in [5.74, 6) is -1.04. The molecule has 0 aliphatic carbocycles. The lowest BCUT2D eigenvalue weighted by molar-refractivity contribution is -0.137. The van der Waals surface area contributed by atoms with Gasteiger partial charge in [0.05, 0.1) is 12.5 Å². The molecule has 2 saturated heterocycles. The lowest BCUT2D eigenvalue weighted by atomic mass is 10.2. The summed E-state index contributed by atoms with van der Waals surface area (Å²) in [4.78, 5) is 23.6. The summed E-state index contributed by atoms with van der Waals surface area (Å²) in [5, 5.41) is 11.3. The molecule has 0 aromatic heterocycles. The van der Waals surface area contributed by atoms with Gasteiger partial charge in [-0.05, 0) is 0 Å². The molecule has 2 rings (SSSR count). The van der Waals surface area contributed by atoms with Gasteiger partial charge < -0.3 is 15.3 Å². The summed E-state index contributed by atoms with van der Waals surface area (Å²) in [6.07, 6.45) is -0.237. The monoisotopic (exact) mass is 306 g/mol. The molecule has 1 atom stereocenters. The predicted octanol–water partition coefficient (Wildman–Crippen LogP) is -1.65. The van der Waals surface area contributed by atoms with Gasteiger partial charge >= 0.3 is 12.0 Å². The summed E-state index contributed by atoms with van der Waals surface area (Å²) in [6, 6.07) is -0.315. The van der Waals surface area contributed by atoms with Gasteiger partial charge in [-0.15, -0.1) is 0 Å². The van der Waals surface area contributed by atoms with Crippen LogP contribution in [0.25, 0.3) is 0 Å². The number of nitrogens with one attached hydrogen (secondary N) is 1. The van der Waals surface area contributed by atoms with E-state index in [1.165, 1.54) is 11.4 Å². The molecule has 0 saturated carbocycles. The van der Waals surface area contributed by atoms with E-state index in [9.17, 15) is 18.0 Å². The second kappa shape index (κ2) is 5.54. The number of rotatable bonds is 5. The van der Waals surface area contributed by atoms with Crippen LogP contribution in [0, 0.1) is 0 Å². The van der Waals surface area contributed by atoms with Crippen LogP contribution in [-0.4, -0.2) is 84.8 Å². The summed E-state index contributed by atoms with van der Waals surface area (Å²) in [5.41, 5.74) is 0. The average molecular weight is 306 g/mol. The van der Waals surface area contributed by atoms with E-state index in [2.05, 4.69) is 5.32 Å². The van der Waals surface area contributed by atoms with Gasteiger partial charge in [-0.3, -0.25) is 4.79 Å². The van der Waals surface area contributed by atoms with Crippen LogP contribution in [-0.2, 0) is 15.0 Å². The lowest BCUT2D eigenvalue weighted by Gasteiger charge is -2.37. The van der Waals surface area contributed by atoms with E-state index in [0.29, 0.717) is 13.1 Å². The van der Waals surface area contributed by atoms with Crippen molar-refractivity contribution in [2.45, 2.75) is 12.5 Å². The van der Waals surface area contributed by atoms with E-state index in [-0.39, 0.29) is 38.1 Å². The molecule has 0 aromatic carbocycles. The molecule has 20 heavy (non-hydrogen) atoms. The zero-order valence-corrected chi connectivity index (χ0v) is 12.0. The predicted molar refractivity (Wildman–Crippen MR) is 69.3 cm³/mol. The first-order chi connectivity index (χ1) is 9.32. The van der Waals surface area contributed by atoms with Gasteiger partial charge in [-0.25, -0.2) is 4.79 Å². The van der Waals surface area contributed by atoms with Crippen molar-refractivity contribution in [3.8, 4) is 0 Å². The Morgan fingerprint density at radius 1 is 1.50 bits per heavy atom. The van der Waals surface area contributed by atoms with Crippen molar-refractivity contribution in [2.75, 3.05) is 39.8 Å². The first-order valence-corrected chi connectivity index (χ1v) is 7.69. The Hall–Kier alpha value is -1.39. The van der Waals surface area contributed by atoms with Crippen molar-refractivity contribution in [3.05, 3.63) is 0 Å². The number of carboxylic acids is 1. The number of fused-ring (bicyclic) bond motifs is 1. The van der Waals surface area contributed by atoms with Crippen LogP contribution in [0.1, 0.15) is 6.42 Å². The minimum atomic E-state index is -3.68. The molecule has 2 fully saturated rings. The van der Waals surface area contributed by atoms with Crippen LogP contribution < -0.4 is 5.32 Å². The maximum atomic E-state index is 12.3. The van der Waals surface area contributed by atoms with Gasteiger partial charge in [-0.1, -0.05) is 0 Å². The fraction of sp³-hybridized carbons (Fsp3) is 0.800. The number of carbonyl (C=O) groups is 2. The summed E-state index contributed by atoms with van der Waals surface area (Å²) >= 11 is 0. The van der Waals surface area contributed by atoms with Gasteiger partial charge in [0.15, 0.2) is 0 Å². The quantitative estimate of drug-likeness (QED) is 0.632. The van der Waals surface area contributed by atoms with E-state index < -0.39 is 16.2 Å². The Labute approximate surface area is 117 Å². The van der Waals surface area contributed by atoms with Crippen molar-refractivity contribution >= 4 is 22.2 Å². The molecular formula is C10H18N4O5S. The van der Waals surface area contributed by atoms with E-state index in [1.807, 2.05) is 0 Å². The van der Waals surface area contributed by atoms with Crippen molar-refractivity contribution in [1.29, 1.82) is 0 Å². The maximum Gasteiger partial charge on any atom is 0.317 e. The van der Waals surface area contributed by atoms with E-state index in [4.69, 9.17) is 5.11 Å². The largest absolute Gasteiger partial charge is 0.481 e. The second-order valence-electron chi connectivity index (χ2n) is 4.86.